The van der Waals surface area contributed by atoms with Crippen molar-refractivity contribution in [1.82, 2.24) is 5.43 Å². The molecule has 0 fully saturated rings. The number of para-hydroxylation sites is 1. The van der Waals surface area contributed by atoms with Crippen molar-refractivity contribution < 1.29 is 28.6 Å². The Labute approximate surface area is 209 Å². The minimum atomic E-state index is -0.914. The van der Waals surface area contributed by atoms with E-state index in [1.165, 1.54) is 14.2 Å². The standard InChI is InChI=1S/C27H27N3O6/c1-16-12-17(2)14-20(13-16)28-25(31)26(32)30-29-18(3)19-10-11-23(24(15-19)35-5)36-27(33)21-8-6-7-9-22(21)34-4/h6-15H,1-5H3,(H,28,31)(H,30,32)/b29-18+. The van der Waals surface area contributed by atoms with Crippen LogP contribution in [-0.2, 0) is 9.59 Å². The number of benzene rings is 3. The predicted molar refractivity (Wildman–Crippen MR) is 136 cm³/mol. The fourth-order valence-electron chi connectivity index (χ4n) is 3.43. The first-order valence-corrected chi connectivity index (χ1v) is 11.0. The van der Waals surface area contributed by atoms with Crippen LogP contribution in [0.1, 0.15) is 34.0 Å². The number of methoxy groups -OCH3 is 2. The summed E-state index contributed by atoms with van der Waals surface area (Å²) in [6.07, 6.45) is 0. The van der Waals surface area contributed by atoms with Crippen LogP contribution < -0.4 is 25.0 Å². The van der Waals surface area contributed by atoms with Crippen LogP contribution in [0.4, 0.5) is 5.69 Å². The highest BCUT2D eigenvalue weighted by Crippen LogP contribution is 2.30. The van der Waals surface area contributed by atoms with Gasteiger partial charge in [-0.2, -0.15) is 5.10 Å². The van der Waals surface area contributed by atoms with E-state index < -0.39 is 17.8 Å². The normalized spacial score (nSPS) is 10.9. The molecule has 9 nitrogen and oxygen atoms in total. The van der Waals surface area contributed by atoms with E-state index in [9.17, 15) is 14.4 Å². The number of esters is 1. The third-order valence-electron chi connectivity index (χ3n) is 5.12. The van der Waals surface area contributed by atoms with E-state index in [0.29, 0.717) is 22.7 Å². The molecule has 0 bridgehead atoms. The Morgan fingerprint density at radius 3 is 2.11 bits per heavy atom. The lowest BCUT2D eigenvalue weighted by atomic mass is 10.1. The zero-order valence-electron chi connectivity index (χ0n) is 20.7. The van der Waals surface area contributed by atoms with Crippen molar-refractivity contribution in [3.8, 4) is 17.2 Å². The maximum absolute atomic E-state index is 12.6. The number of hydrogen-bond acceptors (Lipinski definition) is 7. The Bertz CT molecular complexity index is 1310. The molecule has 2 N–H and O–H groups in total. The van der Waals surface area contributed by atoms with Gasteiger partial charge in [0.15, 0.2) is 11.5 Å². The zero-order valence-corrected chi connectivity index (χ0v) is 20.7. The van der Waals surface area contributed by atoms with Crippen molar-refractivity contribution in [2.45, 2.75) is 20.8 Å². The number of hydrazone groups is 1. The summed E-state index contributed by atoms with van der Waals surface area (Å²) in [7, 11) is 2.90. The van der Waals surface area contributed by atoms with Crippen molar-refractivity contribution in [3.05, 3.63) is 82.9 Å². The van der Waals surface area contributed by atoms with E-state index in [0.717, 1.165) is 11.1 Å². The maximum Gasteiger partial charge on any atom is 0.347 e. The van der Waals surface area contributed by atoms with Gasteiger partial charge in [0.1, 0.15) is 11.3 Å². The SMILES string of the molecule is COc1cc(/C(C)=N/NC(=O)C(=O)Nc2cc(C)cc(C)c2)ccc1OC(=O)c1ccccc1OC. The molecule has 3 aromatic rings. The van der Waals surface area contributed by atoms with Crippen LogP contribution in [0, 0.1) is 13.8 Å². The van der Waals surface area contributed by atoms with Gasteiger partial charge < -0.3 is 19.5 Å². The molecule has 0 heterocycles. The number of hydrogen-bond donors (Lipinski definition) is 2. The van der Waals surface area contributed by atoms with Crippen LogP contribution in [-0.4, -0.2) is 37.7 Å². The third-order valence-corrected chi connectivity index (χ3v) is 5.12. The Morgan fingerprint density at radius 2 is 1.44 bits per heavy atom. The molecule has 0 aromatic heterocycles. The first-order chi connectivity index (χ1) is 17.2. The summed E-state index contributed by atoms with van der Waals surface area (Å²) in [5.41, 5.74) is 5.95. The van der Waals surface area contributed by atoms with Gasteiger partial charge in [-0.1, -0.05) is 18.2 Å². The summed E-state index contributed by atoms with van der Waals surface area (Å²) in [6, 6.07) is 17.0. The summed E-state index contributed by atoms with van der Waals surface area (Å²) in [6.45, 7) is 5.45. The monoisotopic (exact) mass is 489 g/mol. The molecular formula is C27H27N3O6. The average molecular weight is 490 g/mol. The largest absolute Gasteiger partial charge is 0.496 e. The van der Waals surface area contributed by atoms with E-state index in [1.54, 1.807) is 61.5 Å². The second kappa shape index (κ2) is 11.7. The molecule has 9 heteroatoms. The fourth-order valence-corrected chi connectivity index (χ4v) is 3.43. The zero-order chi connectivity index (χ0) is 26.2. The smallest absolute Gasteiger partial charge is 0.347 e. The summed E-state index contributed by atoms with van der Waals surface area (Å²) >= 11 is 0. The molecule has 0 spiro atoms. The fraction of sp³-hybridized carbons (Fsp3) is 0.185. The lowest BCUT2D eigenvalue weighted by molar-refractivity contribution is -0.136. The van der Waals surface area contributed by atoms with Gasteiger partial charge in [0.05, 0.1) is 19.9 Å². The number of nitrogens with zero attached hydrogens (tertiary/aromatic N) is 1. The van der Waals surface area contributed by atoms with Gasteiger partial charge in [-0.15, -0.1) is 0 Å². The molecule has 0 aliphatic carbocycles. The van der Waals surface area contributed by atoms with E-state index in [-0.39, 0.29) is 17.1 Å². The molecule has 0 saturated heterocycles. The van der Waals surface area contributed by atoms with E-state index in [2.05, 4.69) is 15.8 Å². The quantitative estimate of drug-likeness (QED) is 0.170. The number of ether oxygens (including phenoxy) is 3. The van der Waals surface area contributed by atoms with E-state index >= 15 is 0 Å². The Balaban J connectivity index is 1.69. The first-order valence-electron chi connectivity index (χ1n) is 11.0. The van der Waals surface area contributed by atoms with Crippen LogP contribution in [0.2, 0.25) is 0 Å². The van der Waals surface area contributed by atoms with Crippen molar-refractivity contribution in [2.24, 2.45) is 5.10 Å². The third kappa shape index (κ3) is 6.47. The molecule has 0 atom stereocenters. The van der Waals surface area contributed by atoms with Crippen LogP contribution >= 0.6 is 0 Å². The molecule has 3 rings (SSSR count). The van der Waals surface area contributed by atoms with Gasteiger partial charge >= 0.3 is 17.8 Å². The highest BCUT2D eigenvalue weighted by atomic mass is 16.6. The highest BCUT2D eigenvalue weighted by molar-refractivity contribution is 6.39. The van der Waals surface area contributed by atoms with Crippen LogP contribution in [0.3, 0.4) is 0 Å². The summed E-state index contributed by atoms with van der Waals surface area (Å²) in [5, 5.41) is 6.56. The number of aryl methyl sites for hydroxylation is 2. The molecule has 0 unspecified atom stereocenters. The number of carbonyl (C=O) groups is 3. The highest BCUT2D eigenvalue weighted by Gasteiger charge is 2.18. The van der Waals surface area contributed by atoms with E-state index in [1.807, 2.05) is 19.9 Å². The number of carbonyl (C=O) groups excluding carboxylic acids is 3. The topological polar surface area (TPSA) is 115 Å². The number of nitrogens with one attached hydrogen (secondary N) is 2. The van der Waals surface area contributed by atoms with Gasteiger partial charge in [-0.25, -0.2) is 10.2 Å². The average Bonchev–Trinajstić information content (AvgIpc) is 2.86. The molecule has 0 aliphatic heterocycles. The molecule has 36 heavy (non-hydrogen) atoms. The van der Waals surface area contributed by atoms with E-state index in [4.69, 9.17) is 14.2 Å². The van der Waals surface area contributed by atoms with Crippen LogP contribution in [0.15, 0.2) is 65.8 Å². The summed E-state index contributed by atoms with van der Waals surface area (Å²) in [5.74, 6) is -1.49. The molecule has 2 amide bonds. The number of amides is 2. The second-order valence-electron chi connectivity index (χ2n) is 7.92. The minimum Gasteiger partial charge on any atom is -0.496 e. The van der Waals surface area contributed by atoms with Crippen molar-refractivity contribution >= 4 is 29.2 Å². The van der Waals surface area contributed by atoms with Gasteiger partial charge in [0.25, 0.3) is 0 Å². The van der Waals surface area contributed by atoms with Crippen molar-refractivity contribution in [1.29, 1.82) is 0 Å². The summed E-state index contributed by atoms with van der Waals surface area (Å²) in [4.78, 5) is 37.1. The molecule has 0 aliphatic rings. The van der Waals surface area contributed by atoms with Crippen molar-refractivity contribution in [3.63, 3.8) is 0 Å². The Hall–Kier alpha value is -4.66. The second-order valence-corrected chi connectivity index (χ2v) is 7.92. The lowest BCUT2D eigenvalue weighted by Crippen LogP contribution is -2.33. The van der Waals surface area contributed by atoms with Crippen LogP contribution in [0.5, 0.6) is 17.2 Å². The summed E-state index contributed by atoms with van der Waals surface area (Å²) < 4.78 is 16.1. The van der Waals surface area contributed by atoms with Gasteiger partial charge in [0, 0.05) is 11.3 Å². The Morgan fingerprint density at radius 1 is 0.778 bits per heavy atom. The maximum atomic E-state index is 12.6. The molecular weight excluding hydrogens is 462 g/mol. The van der Waals surface area contributed by atoms with Crippen LogP contribution in [0.25, 0.3) is 0 Å². The lowest BCUT2D eigenvalue weighted by Gasteiger charge is -2.12. The molecule has 3 aromatic carbocycles. The molecule has 0 radical (unpaired) electrons. The van der Waals surface area contributed by atoms with Gasteiger partial charge in [-0.3, -0.25) is 9.59 Å². The predicted octanol–water partition coefficient (Wildman–Crippen LogP) is 4.02. The molecule has 0 saturated carbocycles. The minimum absolute atomic E-state index is 0.196. The number of anilines is 1. The first kappa shape index (κ1) is 26.0. The van der Waals surface area contributed by atoms with Crippen molar-refractivity contribution in [2.75, 3.05) is 19.5 Å². The van der Waals surface area contributed by atoms with Gasteiger partial charge in [0.2, 0.25) is 0 Å². The molecule has 186 valence electrons. The number of rotatable bonds is 7. The van der Waals surface area contributed by atoms with Gasteiger partial charge in [-0.05, 0) is 74.4 Å². The Kier molecular flexibility index (Phi) is 8.40.